The van der Waals surface area contributed by atoms with Crippen LogP contribution in [0.1, 0.15) is 24.0 Å². The SMILES string of the molecule is Cc1cc(C2(C)NC(=O)N(CCOc3ccc(Cl)cc3Cl)C2=O)c(C)o1. The maximum Gasteiger partial charge on any atom is 0.325 e. The summed E-state index contributed by atoms with van der Waals surface area (Å²) in [6.07, 6.45) is 0. The van der Waals surface area contributed by atoms with Crippen molar-refractivity contribution in [1.29, 1.82) is 0 Å². The molecule has 1 aromatic heterocycles. The van der Waals surface area contributed by atoms with E-state index < -0.39 is 11.6 Å². The number of benzene rings is 1. The number of hydrogen-bond donors (Lipinski definition) is 1. The van der Waals surface area contributed by atoms with Crippen molar-refractivity contribution in [2.75, 3.05) is 13.2 Å². The van der Waals surface area contributed by atoms with Crippen LogP contribution in [0, 0.1) is 13.8 Å². The fourth-order valence-corrected chi connectivity index (χ4v) is 3.51. The number of hydrogen-bond acceptors (Lipinski definition) is 4. The third kappa shape index (κ3) is 3.27. The highest BCUT2D eigenvalue weighted by Gasteiger charge is 2.50. The topological polar surface area (TPSA) is 71.8 Å². The molecule has 2 aromatic rings. The summed E-state index contributed by atoms with van der Waals surface area (Å²) in [6.45, 7) is 5.43. The molecule has 1 fully saturated rings. The number of carbonyl (C=O) groups excluding carboxylic acids is 2. The highest BCUT2D eigenvalue weighted by molar-refractivity contribution is 6.35. The lowest BCUT2D eigenvalue weighted by atomic mass is 9.92. The normalized spacial score (nSPS) is 19.8. The van der Waals surface area contributed by atoms with E-state index in [9.17, 15) is 9.59 Å². The average Bonchev–Trinajstić information content (AvgIpc) is 3.01. The average molecular weight is 397 g/mol. The second-order valence-corrected chi connectivity index (χ2v) is 7.11. The Morgan fingerprint density at radius 2 is 1.96 bits per heavy atom. The first-order valence-corrected chi connectivity index (χ1v) is 8.77. The zero-order valence-corrected chi connectivity index (χ0v) is 16.1. The first-order chi connectivity index (χ1) is 12.2. The lowest BCUT2D eigenvalue weighted by molar-refractivity contribution is -0.131. The lowest BCUT2D eigenvalue weighted by Gasteiger charge is -2.21. The highest BCUT2D eigenvalue weighted by atomic mass is 35.5. The number of ether oxygens (including phenoxy) is 1. The molecule has 0 radical (unpaired) electrons. The van der Waals surface area contributed by atoms with Crippen molar-refractivity contribution >= 4 is 35.1 Å². The van der Waals surface area contributed by atoms with Crippen molar-refractivity contribution in [2.45, 2.75) is 26.3 Å². The summed E-state index contributed by atoms with van der Waals surface area (Å²) < 4.78 is 11.1. The Morgan fingerprint density at radius 1 is 1.23 bits per heavy atom. The van der Waals surface area contributed by atoms with E-state index in [2.05, 4.69) is 5.32 Å². The Morgan fingerprint density at radius 3 is 2.58 bits per heavy atom. The predicted molar refractivity (Wildman–Crippen MR) is 97.7 cm³/mol. The Labute approximate surface area is 161 Å². The van der Waals surface area contributed by atoms with Gasteiger partial charge >= 0.3 is 6.03 Å². The number of nitrogens with one attached hydrogen (secondary N) is 1. The van der Waals surface area contributed by atoms with Crippen molar-refractivity contribution < 1.29 is 18.7 Å². The molecule has 3 amide bonds. The van der Waals surface area contributed by atoms with E-state index >= 15 is 0 Å². The number of amides is 3. The van der Waals surface area contributed by atoms with Gasteiger partial charge in [-0.1, -0.05) is 23.2 Å². The molecule has 0 aliphatic carbocycles. The molecule has 1 aromatic carbocycles. The van der Waals surface area contributed by atoms with E-state index in [1.807, 2.05) is 0 Å². The molecule has 1 aliphatic rings. The number of halogens is 2. The Bertz CT molecular complexity index is 880. The van der Waals surface area contributed by atoms with E-state index in [-0.39, 0.29) is 19.1 Å². The van der Waals surface area contributed by atoms with Crippen molar-refractivity contribution in [3.05, 3.63) is 51.4 Å². The van der Waals surface area contributed by atoms with Crippen LogP contribution >= 0.6 is 23.2 Å². The van der Waals surface area contributed by atoms with Gasteiger partial charge in [-0.2, -0.15) is 0 Å². The molecule has 0 saturated carbocycles. The molecular weight excluding hydrogens is 379 g/mol. The van der Waals surface area contributed by atoms with Crippen LogP contribution in [0.4, 0.5) is 4.79 Å². The smallest absolute Gasteiger partial charge is 0.325 e. The quantitative estimate of drug-likeness (QED) is 0.773. The minimum Gasteiger partial charge on any atom is -0.490 e. The molecule has 26 heavy (non-hydrogen) atoms. The summed E-state index contributed by atoms with van der Waals surface area (Å²) in [4.78, 5) is 26.3. The summed E-state index contributed by atoms with van der Waals surface area (Å²) in [5.74, 6) is 1.37. The second kappa shape index (κ2) is 6.85. The largest absolute Gasteiger partial charge is 0.490 e. The van der Waals surface area contributed by atoms with Gasteiger partial charge in [0.25, 0.3) is 5.91 Å². The molecule has 1 saturated heterocycles. The number of nitrogens with zero attached hydrogens (tertiary/aromatic N) is 1. The highest BCUT2D eigenvalue weighted by Crippen LogP contribution is 2.33. The molecule has 1 unspecified atom stereocenters. The maximum atomic E-state index is 12.9. The van der Waals surface area contributed by atoms with Gasteiger partial charge in [0.2, 0.25) is 0 Å². The van der Waals surface area contributed by atoms with Gasteiger partial charge < -0.3 is 14.5 Å². The zero-order valence-electron chi connectivity index (χ0n) is 14.6. The molecule has 8 heteroatoms. The van der Waals surface area contributed by atoms with Gasteiger partial charge in [0.1, 0.15) is 29.4 Å². The number of carbonyl (C=O) groups is 2. The molecule has 0 bridgehead atoms. The molecule has 6 nitrogen and oxygen atoms in total. The number of rotatable bonds is 5. The van der Waals surface area contributed by atoms with E-state index in [0.717, 1.165) is 4.90 Å². The molecule has 0 spiro atoms. The Hall–Kier alpha value is -2.18. The fraction of sp³-hybridized carbons (Fsp3) is 0.333. The minimum absolute atomic E-state index is 0.0924. The van der Waals surface area contributed by atoms with Crippen LogP contribution in [-0.2, 0) is 10.3 Å². The van der Waals surface area contributed by atoms with Crippen LogP contribution in [0.3, 0.4) is 0 Å². The van der Waals surface area contributed by atoms with Crippen LogP contribution in [0.5, 0.6) is 5.75 Å². The molecule has 3 rings (SSSR count). The fourth-order valence-electron chi connectivity index (χ4n) is 3.05. The molecule has 1 atom stereocenters. The molecule has 1 N–H and O–H groups in total. The molecule has 1 aliphatic heterocycles. The minimum atomic E-state index is -1.16. The van der Waals surface area contributed by atoms with E-state index in [4.69, 9.17) is 32.4 Å². The number of imide groups is 1. The first kappa shape index (κ1) is 18.6. The summed E-state index contributed by atoms with van der Waals surface area (Å²) >= 11 is 11.9. The maximum absolute atomic E-state index is 12.9. The van der Waals surface area contributed by atoms with Crippen LogP contribution in [0.2, 0.25) is 10.0 Å². The van der Waals surface area contributed by atoms with E-state index in [0.29, 0.717) is 32.9 Å². The molecule has 138 valence electrons. The zero-order chi connectivity index (χ0) is 19.1. The van der Waals surface area contributed by atoms with Gasteiger partial charge in [-0.25, -0.2) is 4.79 Å². The van der Waals surface area contributed by atoms with E-state index in [1.165, 1.54) is 0 Å². The van der Waals surface area contributed by atoms with Gasteiger partial charge in [0.15, 0.2) is 0 Å². The first-order valence-electron chi connectivity index (χ1n) is 8.02. The van der Waals surface area contributed by atoms with Crippen LogP contribution in [0.25, 0.3) is 0 Å². The summed E-state index contributed by atoms with van der Waals surface area (Å²) in [5, 5.41) is 3.61. The number of aryl methyl sites for hydroxylation is 2. The van der Waals surface area contributed by atoms with Gasteiger partial charge in [-0.05, 0) is 45.0 Å². The number of furan rings is 1. The van der Waals surface area contributed by atoms with Gasteiger partial charge in [0.05, 0.1) is 11.6 Å². The summed E-state index contributed by atoms with van der Waals surface area (Å²) in [6, 6.07) is 6.14. The molecular formula is C18H18Cl2N2O4. The Balaban J connectivity index is 1.70. The van der Waals surface area contributed by atoms with Crippen molar-refractivity contribution in [1.82, 2.24) is 10.2 Å². The van der Waals surface area contributed by atoms with Gasteiger partial charge in [-0.15, -0.1) is 0 Å². The summed E-state index contributed by atoms with van der Waals surface area (Å²) in [7, 11) is 0. The standard InChI is InChI=1S/C18H18Cl2N2O4/c1-10-8-13(11(2)26-10)18(3)16(23)22(17(24)21-18)6-7-25-15-5-4-12(19)9-14(15)20/h4-5,8-9H,6-7H2,1-3H3,(H,21,24). The predicted octanol–water partition coefficient (Wildman–Crippen LogP) is 4.05. The van der Waals surface area contributed by atoms with Gasteiger partial charge in [0, 0.05) is 10.6 Å². The second-order valence-electron chi connectivity index (χ2n) is 6.26. The van der Waals surface area contributed by atoms with E-state index in [1.54, 1.807) is 45.0 Å². The van der Waals surface area contributed by atoms with Gasteiger partial charge in [-0.3, -0.25) is 9.69 Å². The Kier molecular flexibility index (Phi) is 4.90. The van der Waals surface area contributed by atoms with Crippen LogP contribution in [-0.4, -0.2) is 30.0 Å². The third-order valence-electron chi connectivity index (χ3n) is 4.32. The molecule has 2 heterocycles. The summed E-state index contributed by atoms with van der Waals surface area (Å²) in [5.41, 5.74) is -0.505. The third-order valence-corrected chi connectivity index (χ3v) is 4.85. The monoisotopic (exact) mass is 396 g/mol. The van der Waals surface area contributed by atoms with Crippen LogP contribution < -0.4 is 10.1 Å². The van der Waals surface area contributed by atoms with Crippen LogP contribution in [0.15, 0.2) is 28.7 Å². The van der Waals surface area contributed by atoms with Crippen molar-refractivity contribution in [2.24, 2.45) is 0 Å². The van der Waals surface area contributed by atoms with Crippen molar-refractivity contribution in [3.63, 3.8) is 0 Å². The number of urea groups is 1. The lowest BCUT2D eigenvalue weighted by Crippen LogP contribution is -2.41. The van der Waals surface area contributed by atoms with Crippen molar-refractivity contribution in [3.8, 4) is 5.75 Å².